The number of hydrogen-bond donors (Lipinski definition) is 0. The lowest BCUT2D eigenvalue weighted by molar-refractivity contribution is -0.217. The van der Waals surface area contributed by atoms with Crippen molar-refractivity contribution in [2.45, 2.75) is 48.5 Å². The fraction of sp³-hybridized carbons (Fsp3) is 0.500. The smallest absolute Gasteiger partial charge is 0.292 e. The van der Waals surface area contributed by atoms with Gasteiger partial charge in [0.15, 0.2) is 0 Å². The van der Waals surface area contributed by atoms with Crippen molar-refractivity contribution in [1.29, 1.82) is 0 Å². The molecule has 0 saturated carbocycles. The van der Waals surface area contributed by atoms with Gasteiger partial charge in [-0.1, -0.05) is 13.8 Å². The topological polar surface area (TPSA) is 35.5 Å². The zero-order valence-electron chi connectivity index (χ0n) is 12.9. The van der Waals surface area contributed by atoms with Crippen LogP contribution in [-0.4, -0.2) is 5.97 Å². The minimum atomic E-state index is -0.432. The van der Waals surface area contributed by atoms with Gasteiger partial charge in [-0.3, -0.25) is 4.89 Å². The molecule has 0 aliphatic rings. The Hall–Kier alpha value is -1.35. The van der Waals surface area contributed by atoms with Crippen LogP contribution in [0.3, 0.4) is 0 Å². The Morgan fingerprint density at radius 3 is 1.74 bits per heavy atom. The van der Waals surface area contributed by atoms with Crippen LogP contribution in [0.5, 0.6) is 0 Å². The lowest BCUT2D eigenvalue weighted by atomic mass is 9.90. The molecular formula is C16H23O3. The summed E-state index contributed by atoms with van der Waals surface area (Å²) in [5, 5.41) is 0. The van der Waals surface area contributed by atoms with E-state index in [1.54, 1.807) is 0 Å². The lowest BCUT2D eigenvalue weighted by Gasteiger charge is -2.17. The first-order chi connectivity index (χ1) is 8.77. The second kappa shape index (κ2) is 6.20. The van der Waals surface area contributed by atoms with Gasteiger partial charge < -0.3 is 0 Å². The molecule has 0 unspecified atom stereocenters. The fourth-order valence-electron chi connectivity index (χ4n) is 2.03. The van der Waals surface area contributed by atoms with Crippen LogP contribution in [0.4, 0.5) is 0 Å². The van der Waals surface area contributed by atoms with E-state index in [4.69, 9.17) is 9.78 Å². The highest BCUT2D eigenvalue weighted by Crippen LogP contribution is 2.26. The third kappa shape index (κ3) is 3.35. The maximum Gasteiger partial charge on any atom is 0.373 e. The van der Waals surface area contributed by atoms with E-state index in [0.29, 0.717) is 5.56 Å². The van der Waals surface area contributed by atoms with Crippen LogP contribution in [0.25, 0.3) is 0 Å². The molecule has 3 nitrogen and oxygen atoms in total. The molecule has 1 aromatic carbocycles. The van der Waals surface area contributed by atoms with E-state index < -0.39 is 5.97 Å². The van der Waals surface area contributed by atoms with Crippen molar-refractivity contribution in [3.63, 3.8) is 0 Å². The number of rotatable bonds is 4. The van der Waals surface area contributed by atoms with Crippen molar-refractivity contribution in [3.05, 3.63) is 40.0 Å². The lowest BCUT2D eigenvalue weighted by Crippen LogP contribution is -2.13. The van der Waals surface area contributed by atoms with Crippen LogP contribution in [0, 0.1) is 47.1 Å². The molecule has 0 aromatic heterocycles. The molecule has 19 heavy (non-hydrogen) atoms. The van der Waals surface area contributed by atoms with E-state index in [0.717, 1.165) is 22.3 Å². The number of benzene rings is 1. The van der Waals surface area contributed by atoms with Crippen LogP contribution in [0.1, 0.15) is 52.0 Å². The Bertz CT molecular complexity index is 458. The van der Waals surface area contributed by atoms with Gasteiger partial charge in [-0.05, 0) is 68.4 Å². The molecule has 0 heterocycles. The number of carbonyl (C=O) groups excluding carboxylic acids is 1. The highest BCUT2D eigenvalue weighted by molar-refractivity contribution is 5.93. The molecule has 0 N–H and O–H groups in total. The Balaban J connectivity index is 3.04. The van der Waals surface area contributed by atoms with Crippen LogP contribution < -0.4 is 0 Å². The largest absolute Gasteiger partial charge is 0.373 e. The van der Waals surface area contributed by atoms with E-state index >= 15 is 0 Å². The summed E-state index contributed by atoms with van der Waals surface area (Å²) in [7, 11) is 0. The van der Waals surface area contributed by atoms with Gasteiger partial charge in [0, 0.05) is 0 Å². The Labute approximate surface area is 115 Å². The summed E-state index contributed by atoms with van der Waals surface area (Å²) in [4.78, 5) is 21.8. The molecule has 0 aliphatic heterocycles. The molecule has 0 atom stereocenters. The average Bonchev–Trinajstić information content (AvgIpc) is 2.34. The van der Waals surface area contributed by atoms with Gasteiger partial charge in [0.25, 0.3) is 0 Å². The van der Waals surface area contributed by atoms with E-state index in [9.17, 15) is 4.79 Å². The van der Waals surface area contributed by atoms with Crippen molar-refractivity contribution < 1.29 is 14.6 Å². The second-order valence-corrected chi connectivity index (χ2v) is 5.35. The van der Waals surface area contributed by atoms with Crippen LogP contribution in [-0.2, 0) is 9.78 Å². The van der Waals surface area contributed by atoms with E-state index in [-0.39, 0.29) is 5.92 Å². The first-order valence-electron chi connectivity index (χ1n) is 6.55. The minimum absolute atomic E-state index is 0.205. The van der Waals surface area contributed by atoms with Gasteiger partial charge >= 0.3 is 5.97 Å². The SMILES string of the molecule is Cc1c(C)c(C)c(C(=O)OO[CH]C(C)C)c(C)c1C. The molecule has 0 fully saturated rings. The molecule has 0 bridgehead atoms. The summed E-state index contributed by atoms with van der Waals surface area (Å²) < 4.78 is 0. The van der Waals surface area contributed by atoms with Gasteiger partial charge in [-0.2, -0.15) is 4.89 Å². The summed E-state index contributed by atoms with van der Waals surface area (Å²) in [6.07, 6.45) is 0. The summed E-state index contributed by atoms with van der Waals surface area (Å²) in [5.41, 5.74) is 6.00. The fourth-order valence-corrected chi connectivity index (χ4v) is 2.03. The molecule has 1 aromatic rings. The van der Waals surface area contributed by atoms with E-state index in [1.807, 2.05) is 41.5 Å². The summed E-state index contributed by atoms with van der Waals surface area (Å²) in [6.45, 7) is 15.4. The highest BCUT2D eigenvalue weighted by atomic mass is 17.2. The average molecular weight is 263 g/mol. The molecule has 1 radical (unpaired) electrons. The zero-order valence-corrected chi connectivity index (χ0v) is 12.9. The predicted molar refractivity (Wildman–Crippen MR) is 75.8 cm³/mol. The molecule has 0 aliphatic carbocycles. The van der Waals surface area contributed by atoms with Crippen molar-refractivity contribution in [3.8, 4) is 0 Å². The molecule has 1 rings (SSSR count). The first-order valence-corrected chi connectivity index (χ1v) is 6.55. The molecule has 0 saturated heterocycles. The van der Waals surface area contributed by atoms with Gasteiger partial charge in [-0.15, -0.1) is 0 Å². The Kier molecular flexibility index (Phi) is 5.12. The Morgan fingerprint density at radius 1 is 0.895 bits per heavy atom. The third-order valence-electron chi connectivity index (χ3n) is 3.66. The second-order valence-electron chi connectivity index (χ2n) is 5.35. The van der Waals surface area contributed by atoms with Crippen molar-refractivity contribution in [2.75, 3.05) is 0 Å². The summed E-state index contributed by atoms with van der Waals surface area (Å²) >= 11 is 0. The van der Waals surface area contributed by atoms with Crippen LogP contribution in [0.2, 0.25) is 0 Å². The van der Waals surface area contributed by atoms with Crippen molar-refractivity contribution >= 4 is 5.97 Å². The standard InChI is InChI=1S/C16H23O3/c1-9(2)8-18-19-16(17)15-13(6)11(4)10(3)12(5)14(15)7/h8-9H,1-7H3. The van der Waals surface area contributed by atoms with Crippen molar-refractivity contribution in [1.82, 2.24) is 0 Å². The molecule has 0 amide bonds. The summed E-state index contributed by atoms with van der Waals surface area (Å²) in [5.74, 6) is -0.227. The normalized spacial score (nSPS) is 10.9. The molecule has 0 spiro atoms. The monoisotopic (exact) mass is 263 g/mol. The van der Waals surface area contributed by atoms with E-state index in [1.165, 1.54) is 12.2 Å². The van der Waals surface area contributed by atoms with Crippen molar-refractivity contribution in [2.24, 2.45) is 5.92 Å². The summed E-state index contributed by atoms with van der Waals surface area (Å²) in [6, 6.07) is 0. The van der Waals surface area contributed by atoms with Crippen LogP contribution >= 0.6 is 0 Å². The van der Waals surface area contributed by atoms with Gasteiger partial charge in [0.1, 0.15) is 6.61 Å². The third-order valence-corrected chi connectivity index (χ3v) is 3.66. The van der Waals surface area contributed by atoms with Gasteiger partial charge in [0.2, 0.25) is 0 Å². The predicted octanol–water partition coefficient (Wildman–Crippen LogP) is 4.13. The maximum absolute atomic E-state index is 12.1. The minimum Gasteiger partial charge on any atom is -0.292 e. The molecular weight excluding hydrogens is 240 g/mol. The van der Waals surface area contributed by atoms with E-state index in [2.05, 4.69) is 6.92 Å². The van der Waals surface area contributed by atoms with Crippen LogP contribution in [0.15, 0.2) is 0 Å². The maximum atomic E-state index is 12.1. The quantitative estimate of drug-likeness (QED) is 0.605. The highest BCUT2D eigenvalue weighted by Gasteiger charge is 2.20. The molecule has 105 valence electrons. The number of carbonyl (C=O) groups is 1. The van der Waals surface area contributed by atoms with Gasteiger partial charge in [0.05, 0.1) is 5.56 Å². The molecule has 3 heteroatoms. The Morgan fingerprint density at radius 2 is 1.32 bits per heavy atom. The van der Waals surface area contributed by atoms with Gasteiger partial charge in [-0.25, -0.2) is 4.79 Å². The number of hydrogen-bond acceptors (Lipinski definition) is 3. The zero-order chi connectivity index (χ0) is 14.7. The first kappa shape index (κ1) is 15.7.